The Morgan fingerprint density at radius 2 is 1.78 bits per heavy atom. The molecule has 0 aromatic heterocycles. The molecule has 0 spiro atoms. The lowest BCUT2D eigenvalue weighted by molar-refractivity contribution is -0.117. The van der Waals surface area contributed by atoms with Gasteiger partial charge >= 0.3 is 0 Å². The summed E-state index contributed by atoms with van der Waals surface area (Å²) in [5.74, 6) is -0.0697. The minimum absolute atomic E-state index is 0.0198. The first-order valence-corrected chi connectivity index (χ1v) is 6.21. The van der Waals surface area contributed by atoms with Crippen LogP contribution in [-0.4, -0.2) is 5.91 Å². The summed E-state index contributed by atoms with van der Waals surface area (Å²) in [5, 5.41) is 2.95. The normalized spacial score (nSPS) is 13.1. The van der Waals surface area contributed by atoms with Crippen molar-refractivity contribution in [2.75, 3.05) is 0 Å². The van der Waals surface area contributed by atoms with E-state index < -0.39 is 0 Å². The van der Waals surface area contributed by atoms with Crippen molar-refractivity contribution in [2.45, 2.75) is 33.7 Å². The Labute approximate surface area is 109 Å². The van der Waals surface area contributed by atoms with Crippen LogP contribution >= 0.6 is 0 Å². The van der Waals surface area contributed by atoms with Gasteiger partial charge in [0.1, 0.15) is 0 Å². The second-order valence-corrected chi connectivity index (χ2v) is 4.54. The molecule has 0 fully saturated rings. The quantitative estimate of drug-likeness (QED) is 0.635. The van der Waals surface area contributed by atoms with Gasteiger partial charge in [0.05, 0.1) is 6.04 Å². The van der Waals surface area contributed by atoms with Crippen molar-refractivity contribution in [3.05, 3.63) is 59.2 Å². The summed E-state index contributed by atoms with van der Waals surface area (Å²) in [7, 11) is 0. The third kappa shape index (κ3) is 4.58. The molecule has 0 saturated heterocycles. The Morgan fingerprint density at radius 3 is 2.33 bits per heavy atom. The Hall–Kier alpha value is -1.83. The van der Waals surface area contributed by atoms with Crippen LogP contribution in [0.4, 0.5) is 0 Å². The molecule has 0 aliphatic carbocycles. The van der Waals surface area contributed by atoms with Crippen LogP contribution in [-0.2, 0) is 4.79 Å². The molecule has 0 bridgehead atoms. The molecule has 96 valence electrons. The summed E-state index contributed by atoms with van der Waals surface area (Å²) in [6, 6.07) is 6.36. The Kier molecular flexibility index (Phi) is 5.37. The Balaban J connectivity index is 2.70. The number of aryl methyl sites for hydroxylation is 2. The number of rotatable bonds is 4. The van der Waals surface area contributed by atoms with Gasteiger partial charge in [-0.15, -0.1) is 0 Å². The zero-order valence-corrected chi connectivity index (χ0v) is 11.5. The molecule has 0 heterocycles. The molecular weight excluding hydrogens is 222 g/mol. The smallest absolute Gasteiger partial charge is 0.244 e. The van der Waals surface area contributed by atoms with E-state index in [0.29, 0.717) is 0 Å². The van der Waals surface area contributed by atoms with Crippen LogP contribution in [0.15, 0.2) is 42.5 Å². The highest BCUT2D eigenvalue weighted by Gasteiger charge is 2.07. The van der Waals surface area contributed by atoms with Crippen molar-refractivity contribution in [3.8, 4) is 0 Å². The molecule has 1 unspecified atom stereocenters. The molecule has 0 aliphatic heterocycles. The maximum atomic E-state index is 11.6. The number of amides is 1. The van der Waals surface area contributed by atoms with Crippen molar-refractivity contribution < 1.29 is 4.79 Å². The van der Waals surface area contributed by atoms with Gasteiger partial charge in [-0.05, 0) is 33.3 Å². The standard InChI is InChI=1S/C16H21NO/c1-5-6-7-8-16(18)17-14(4)15-10-12(2)9-13(3)11-15/h5-11,14H,1-4H3,(H,17,18)/b6-5+,8-7?. The third-order valence-electron chi connectivity index (χ3n) is 2.65. The fourth-order valence-corrected chi connectivity index (χ4v) is 1.86. The van der Waals surface area contributed by atoms with E-state index in [1.54, 1.807) is 12.2 Å². The van der Waals surface area contributed by atoms with E-state index in [-0.39, 0.29) is 11.9 Å². The average Bonchev–Trinajstić information content (AvgIpc) is 2.28. The maximum absolute atomic E-state index is 11.6. The lowest BCUT2D eigenvalue weighted by Gasteiger charge is -2.14. The number of hydrogen-bond donors (Lipinski definition) is 1. The van der Waals surface area contributed by atoms with Gasteiger partial charge in [0.25, 0.3) is 0 Å². The van der Waals surface area contributed by atoms with E-state index in [2.05, 4.69) is 37.4 Å². The molecule has 18 heavy (non-hydrogen) atoms. The highest BCUT2D eigenvalue weighted by Crippen LogP contribution is 2.16. The molecule has 0 saturated carbocycles. The minimum Gasteiger partial charge on any atom is -0.346 e. The maximum Gasteiger partial charge on any atom is 0.244 e. The number of benzene rings is 1. The summed E-state index contributed by atoms with van der Waals surface area (Å²) in [6.07, 6.45) is 7.00. The monoisotopic (exact) mass is 243 g/mol. The zero-order chi connectivity index (χ0) is 13.5. The molecule has 2 nitrogen and oxygen atoms in total. The molecule has 2 heteroatoms. The van der Waals surface area contributed by atoms with Crippen molar-refractivity contribution in [1.82, 2.24) is 5.32 Å². The molecule has 1 rings (SSSR count). The van der Waals surface area contributed by atoms with Crippen LogP contribution < -0.4 is 5.32 Å². The van der Waals surface area contributed by atoms with Gasteiger partial charge in [-0.2, -0.15) is 0 Å². The molecule has 0 aliphatic rings. The number of allylic oxidation sites excluding steroid dienone is 3. The topological polar surface area (TPSA) is 29.1 Å². The predicted octanol–water partition coefficient (Wildman–Crippen LogP) is 3.61. The van der Waals surface area contributed by atoms with Crippen LogP contribution in [0.5, 0.6) is 0 Å². The van der Waals surface area contributed by atoms with Gasteiger partial charge in [0.15, 0.2) is 0 Å². The minimum atomic E-state index is -0.0697. The van der Waals surface area contributed by atoms with Gasteiger partial charge in [-0.3, -0.25) is 4.79 Å². The largest absolute Gasteiger partial charge is 0.346 e. The summed E-state index contributed by atoms with van der Waals surface area (Å²) < 4.78 is 0. The van der Waals surface area contributed by atoms with E-state index in [0.717, 1.165) is 5.56 Å². The number of carbonyl (C=O) groups excluding carboxylic acids is 1. The SMILES string of the molecule is C/C=C/C=CC(=O)NC(C)c1cc(C)cc(C)c1. The number of carbonyl (C=O) groups is 1. The molecule has 1 amide bonds. The first kappa shape index (κ1) is 14.2. The summed E-state index contributed by atoms with van der Waals surface area (Å²) in [5.41, 5.74) is 3.58. The van der Waals surface area contributed by atoms with Gasteiger partial charge in [-0.1, -0.05) is 47.6 Å². The third-order valence-corrected chi connectivity index (χ3v) is 2.65. The summed E-state index contributed by atoms with van der Waals surface area (Å²) >= 11 is 0. The van der Waals surface area contributed by atoms with Crippen LogP contribution in [0.1, 0.15) is 36.6 Å². The van der Waals surface area contributed by atoms with E-state index in [1.807, 2.05) is 26.0 Å². The second-order valence-electron chi connectivity index (χ2n) is 4.54. The van der Waals surface area contributed by atoms with Gasteiger partial charge in [0, 0.05) is 6.08 Å². The number of hydrogen-bond acceptors (Lipinski definition) is 1. The fraction of sp³-hybridized carbons (Fsp3) is 0.312. The second kappa shape index (κ2) is 6.80. The summed E-state index contributed by atoms with van der Waals surface area (Å²) in [4.78, 5) is 11.6. The average molecular weight is 243 g/mol. The van der Waals surface area contributed by atoms with Crippen LogP contribution in [0.2, 0.25) is 0 Å². The van der Waals surface area contributed by atoms with Crippen LogP contribution in [0.25, 0.3) is 0 Å². The van der Waals surface area contributed by atoms with Crippen LogP contribution in [0, 0.1) is 13.8 Å². The lowest BCUT2D eigenvalue weighted by atomic mass is 10.0. The van der Waals surface area contributed by atoms with Crippen LogP contribution in [0.3, 0.4) is 0 Å². The van der Waals surface area contributed by atoms with Gasteiger partial charge in [0.2, 0.25) is 5.91 Å². The van der Waals surface area contributed by atoms with E-state index in [9.17, 15) is 4.79 Å². The molecule has 1 aromatic rings. The number of nitrogens with one attached hydrogen (secondary N) is 1. The first-order valence-electron chi connectivity index (χ1n) is 6.21. The molecule has 1 aromatic carbocycles. The van der Waals surface area contributed by atoms with E-state index in [1.165, 1.54) is 11.1 Å². The summed E-state index contributed by atoms with van der Waals surface area (Å²) in [6.45, 7) is 8.05. The molecular formula is C16H21NO. The molecule has 1 atom stereocenters. The predicted molar refractivity (Wildman–Crippen MR) is 76.4 cm³/mol. The van der Waals surface area contributed by atoms with Crippen molar-refractivity contribution >= 4 is 5.91 Å². The first-order chi connectivity index (χ1) is 8.52. The van der Waals surface area contributed by atoms with Crippen molar-refractivity contribution in [1.29, 1.82) is 0 Å². The fourth-order valence-electron chi connectivity index (χ4n) is 1.86. The Morgan fingerprint density at radius 1 is 1.17 bits per heavy atom. The highest BCUT2D eigenvalue weighted by atomic mass is 16.1. The van der Waals surface area contributed by atoms with Crippen molar-refractivity contribution in [2.24, 2.45) is 0 Å². The highest BCUT2D eigenvalue weighted by molar-refractivity contribution is 5.88. The van der Waals surface area contributed by atoms with E-state index >= 15 is 0 Å². The van der Waals surface area contributed by atoms with E-state index in [4.69, 9.17) is 0 Å². The lowest BCUT2D eigenvalue weighted by Crippen LogP contribution is -2.24. The molecule has 1 N–H and O–H groups in total. The van der Waals surface area contributed by atoms with Crippen molar-refractivity contribution in [3.63, 3.8) is 0 Å². The zero-order valence-electron chi connectivity index (χ0n) is 11.5. The van der Waals surface area contributed by atoms with Gasteiger partial charge in [-0.25, -0.2) is 0 Å². The molecule has 0 radical (unpaired) electrons. The Bertz CT molecular complexity index is 452. The van der Waals surface area contributed by atoms with Gasteiger partial charge < -0.3 is 5.32 Å².